The molecule has 2 aromatic rings. The second-order valence-electron chi connectivity index (χ2n) is 3.53. The fourth-order valence-electron chi connectivity index (χ4n) is 1.26. The molecule has 4 nitrogen and oxygen atoms in total. The fourth-order valence-corrected chi connectivity index (χ4v) is 3.58. The molecule has 1 heterocycles. The molecule has 0 aliphatic carbocycles. The molecule has 0 saturated carbocycles. The van der Waals surface area contributed by atoms with Crippen LogP contribution in [0.5, 0.6) is 0 Å². The normalized spacial score (nSPS) is 10.8. The van der Waals surface area contributed by atoms with E-state index in [1.807, 2.05) is 37.3 Å². The average molecular weight is 323 g/mol. The number of amides is 1. The highest BCUT2D eigenvalue weighted by Gasteiger charge is 2.05. The van der Waals surface area contributed by atoms with Crippen LogP contribution < -0.4 is 5.32 Å². The van der Waals surface area contributed by atoms with Gasteiger partial charge in [-0.05, 0) is 23.3 Å². The smallest absolute Gasteiger partial charge is 0.250 e. The van der Waals surface area contributed by atoms with Gasteiger partial charge in [-0.1, -0.05) is 60.0 Å². The Bertz CT molecular complexity index is 584. The summed E-state index contributed by atoms with van der Waals surface area (Å²) >= 11 is 4.49. The van der Waals surface area contributed by atoms with E-state index >= 15 is 0 Å². The number of carbonyl (C=O) groups excluding carboxylic acids is 1. The predicted octanol–water partition coefficient (Wildman–Crippen LogP) is 3.89. The Kier molecular flexibility index (Phi) is 6.10. The van der Waals surface area contributed by atoms with Crippen molar-refractivity contribution in [2.24, 2.45) is 0 Å². The fraction of sp³-hybridized carbons (Fsp3) is 0.154. The third-order valence-electron chi connectivity index (χ3n) is 2.07. The van der Waals surface area contributed by atoms with E-state index in [1.54, 1.807) is 17.2 Å². The molecule has 7 heteroatoms. The molecule has 0 fully saturated rings. The summed E-state index contributed by atoms with van der Waals surface area (Å²) in [7, 11) is 0. The molecule has 20 heavy (non-hydrogen) atoms. The van der Waals surface area contributed by atoms with Crippen LogP contribution in [-0.4, -0.2) is 21.9 Å². The SMILES string of the molecule is CCSc1nnc(NC(=O)/C=C/Sc2ccccc2)s1. The number of thioether (sulfide) groups is 2. The van der Waals surface area contributed by atoms with E-state index < -0.39 is 0 Å². The number of hydrogen-bond donors (Lipinski definition) is 1. The number of benzene rings is 1. The van der Waals surface area contributed by atoms with E-state index in [0.717, 1.165) is 15.0 Å². The number of hydrogen-bond acceptors (Lipinski definition) is 6. The molecule has 1 aromatic heterocycles. The molecule has 0 unspecified atom stereocenters. The van der Waals surface area contributed by atoms with Gasteiger partial charge in [-0.2, -0.15) is 0 Å². The van der Waals surface area contributed by atoms with Gasteiger partial charge in [0.05, 0.1) is 0 Å². The Balaban J connectivity index is 1.82. The minimum Gasteiger partial charge on any atom is -0.297 e. The van der Waals surface area contributed by atoms with E-state index in [2.05, 4.69) is 15.5 Å². The lowest BCUT2D eigenvalue weighted by Crippen LogP contribution is -2.07. The maximum absolute atomic E-state index is 11.7. The van der Waals surface area contributed by atoms with Crippen LogP contribution >= 0.6 is 34.9 Å². The van der Waals surface area contributed by atoms with Crippen molar-refractivity contribution in [2.45, 2.75) is 16.2 Å². The van der Waals surface area contributed by atoms with Crippen LogP contribution in [0.3, 0.4) is 0 Å². The van der Waals surface area contributed by atoms with Crippen molar-refractivity contribution in [1.82, 2.24) is 10.2 Å². The van der Waals surface area contributed by atoms with Crippen LogP contribution in [0, 0.1) is 0 Å². The highest BCUT2D eigenvalue weighted by molar-refractivity contribution is 8.02. The van der Waals surface area contributed by atoms with Crippen molar-refractivity contribution in [3.63, 3.8) is 0 Å². The standard InChI is InChI=1S/C13H13N3OS3/c1-2-18-13-16-15-12(20-13)14-11(17)8-9-19-10-6-4-3-5-7-10/h3-9H,2H2,1H3,(H,14,15,17)/b9-8+. The highest BCUT2D eigenvalue weighted by Crippen LogP contribution is 2.25. The summed E-state index contributed by atoms with van der Waals surface area (Å²) < 4.78 is 0.866. The third kappa shape index (κ3) is 4.99. The van der Waals surface area contributed by atoms with Crippen LogP contribution in [0.4, 0.5) is 5.13 Å². The number of carbonyl (C=O) groups is 1. The summed E-state index contributed by atoms with van der Waals surface area (Å²) in [5.41, 5.74) is 0. The Hall–Kier alpha value is -1.31. The zero-order chi connectivity index (χ0) is 14.2. The van der Waals surface area contributed by atoms with Gasteiger partial charge in [-0.15, -0.1) is 10.2 Å². The van der Waals surface area contributed by atoms with Crippen molar-refractivity contribution in [3.8, 4) is 0 Å². The van der Waals surface area contributed by atoms with E-state index in [0.29, 0.717) is 5.13 Å². The summed E-state index contributed by atoms with van der Waals surface area (Å²) in [5.74, 6) is 0.744. The molecule has 0 spiro atoms. The first-order chi connectivity index (χ1) is 9.78. The second kappa shape index (κ2) is 8.08. The van der Waals surface area contributed by atoms with E-state index in [9.17, 15) is 4.79 Å². The molecular weight excluding hydrogens is 310 g/mol. The molecule has 0 atom stereocenters. The van der Waals surface area contributed by atoms with Gasteiger partial charge in [0.15, 0.2) is 4.34 Å². The third-order valence-corrected chi connectivity index (χ3v) is 4.74. The lowest BCUT2D eigenvalue weighted by Gasteiger charge is -1.95. The maximum Gasteiger partial charge on any atom is 0.250 e. The molecule has 1 N–H and O–H groups in total. The average Bonchev–Trinajstić information content (AvgIpc) is 2.88. The topological polar surface area (TPSA) is 54.9 Å². The summed E-state index contributed by atoms with van der Waals surface area (Å²) in [4.78, 5) is 12.8. The zero-order valence-electron chi connectivity index (χ0n) is 10.8. The van der Waals surface area contributed by atoms with Crippen molar-refractivity contribution in [3.05, 3.63) is 41.8 Å². The van der Waals surface area contributed by atoms with Gasteiger partial charge in [0.1, 0.15) is 0 Å². The van der Waals surface area contributed by atoms with Gasteiger partial charge in [0.25, 0.3) is 5.91 Å². The van der Waals surface area contributed by atoms with Crippen LogP contribution in [0.25, 0.3) is 0 Å². The van der Waals surface area contributed by atoms with Gasteiger partial charge in [0, 0.05) is 11.0 Å². The number of anilines is 1. The molecule has 1 aromatic carbocycles. The van der Waals surface area contributed by atoms with Crippen molar-refractivity contribution < 1.29 is 4.79 Å². The Morgan fingerprint density at radius 1 is 1.35 bits per heavy atom. The summed E-state index contributed by atoms with van der Waals surface area (Å²) in [5, 5.41) is 12.9. The Morgan fingerprint density at radius 3 is 2.90 bits per heavy atom. The zero-order valence-corrected chi connectivity index (χ0v) is 13.2. The quantitative estimate of drug-likeness (QED) is 0.496. The molecule has 1 amide bonds. The van der Waals surface area contributed by atoms with Crippen LogP contribution in [0.15, 0.2) is 51.1 Å². The first kappa shape index (κ1) is 15.1. The van der Waals surface area contributed by atoms with E-state index in [1.165, 1.54) is 29.2 Å². The van der Waals surface area contributed by atoms with Crippen molar-refractivity contribution >= 4 is 45.9 Å². The van der Waals surface area contributed by atoms with E-state index in [4.69, 9.17) is 0 Å². The van der Waals surface area contributed by atoms with Crippen molar-refractivity contribution in [2.75, 3.05) is 11.1 Å². The van der Waals surface area contributed by atoms with Crippen LogP contribution in [0.2, 0.25) is 0 Å². The predicted molar refractivity (Wildman–Crippen MR) is 86.4 cm³/mol. The highest BCUT2D eigenvalue weighted by atomic mass is 32.2. The number of aromatic nitrogens is 2. The monoisotopic (exact) mass is 323 g/mol. The van der Waals surface area contributed by atoms with Gasteiger partial charge in [-0.3, -0.25) is 10.1 Å². The van der Waals surface area contributed by atoms with Gasteiger partial charge < -0.3 is 0 Å². The number of rotatable bonds is 6. The van der Waals surface area contributed by atoms with Gasteiger partial charge in [0.2, 0.25) is 5.13 Å². The lowest BCUT2D eigenvalue weighted by atomic mass is 10.4. The van der Waals surface area contributed by atoms with Gasteiger partial charge >= 0.3 is 0 Å². The first-order valence-electron chi connectivity index (χ1n) is 5.93. The molecule has 104 valence electrons. The lowest BCUT2D eigenvalue weighted by molar-refractivity contribution is -0.111. The summed E-state index contributed by atoms with van der Waals surface area (Å²) in [6.45, 7) is 2.05. The van der Waals surface area contributed by atoms with Crippen LogP contribution in [0.1, 0.15) is 6.92 Å². The van der Waals surface area contributed by atoms with Crippen LogP contribution in [-0.2, 0) is 4.79 Å². The first-order valence-corrected chi connectivity index (χ1v) is 8.61. The van der Waals surface area contributed by atoms with Crippen molar-refractivity contribution in [1.29, 1.82) is 0 Å². The Morgan fingerprint density at radius 2 is 2.15 bits per heavy atom. The second-order valence-corrected chi connectivity index (χ2v) is 7.00. The summed E-state index contributed by atoms with van der Waals surface area (Å²) in [6.07, 6.45) is 1.49. The number of nitrogens with one attached hydrogen (secondary N) is 1. The summed E-state index contributed by atoms with van der Waals surface area (Å²) in [6, 6.07) is 9.87. The molecule has 0 bridgehead atoms. The van der Waals surface area contributed by atoms with E-state index in [-0.39, 0.29) is 5.91 Å². The Labute approximate surface area is 130 Å². The largest absolute Gasteiger partial charge is 0.297 e. The molecule has 0 saturated heterocycles. The molecule has 2 rings (SSSR count). The number of nitrogens with zero attached hydrogens (tertiary/aromatic N) is 2. The minimum absolute atomic E-state index is 0.197. The molecular formula is C13H13N3OS3. The minimum atomic E-state index is -0.197. The maximum atomic E-state index is 11.7. The molecule has 0 radical (unpaired) electrons. The molecule has 0 aliphatic heterocycles. The van der Waals surface area contributed by atoms with Gasteiger partial charge in [-0.25, -0.2) is 0 Å². The molecule has 0 aliphatic rings.